The number of hydrogen-bond acceptors (Lipinski definition) is 7. The predicted octanol–water partition coefficient (Wildman–Crippen LogP) is 0.360. The quantitative estimate of drug-likeness (QED) is 0.313. The van der Waals surface area contributed by atoms with Crippen LogP contribution in [0.25, 0.3) is 0 Å². The second kappa shape index (κ2) is 6.48. The third-order valence-corrected chi connectivity index (χ3v) is 2.68. The van der Waals surface area contributed by atoms with Gasteiger partial charge >= 0.3 is 0 Å². The van der Waals surface area contributed by atoms with Crippen LogP contribution in [0.3, 0.4) is 0 Å². The summed E-state index contributed by atoms with van der Waals surface area (Å²) in [6, 6.07) is -1.02. The molecule has 3 atom stereocenters. The van der Waals surface area contributed by atoms with E-state index in [4.69, 9.17) is 10.8 Å². The smallest absolute Gasteiger partial charge is 0.237 e. The topological polar surface area (TPSA) is 112 Å². The van der Waals surface area contributed by atoms with Crippen LogP contribution in [0, 0.1) is 10.1 Å². The number of nitrogens with zero attached hydrogens (tertiary/aromatic N) is 2. The minimum atomic E-state index is -0.744. The van der Waals surface area contributed by atoms with Crippen molar-refractivity contribution < 1.29 is 14.8 Å². The molecule has 1 saturated carbocycles. The summed E-state index contributed by atoms with van der Waals surface area (Å²) >= 11 is 0. The molecule has 0 spiro atoms. The zero-order chi connectivity index (χ0) is 12.8. The van der Waals surface area contributed by atoms with Gasteiger partial charge in [0.1, 0.15) is 12.1 Å². The van der Waals surface area contributed by atoms with Crippen molar-refractivity contribution in [3.63, 3.8) is 0 Å². The molecular weight excluding hydrogens is 228 g/mol. The summed E-state index contributed by atoms with van der Waals surface area (Å²) in [5, 5.41) is 15.0. The third-order valence-electron chi connectivity index (χ3n) is 2.68. The van der Waals surface area contributed by atoms with Crippen molar-refractivity contribution in [1.82, 2.24) is 5.43 Å². The van der Waals surface area contributed by atoms with Crippen molar-refractivity contribution in [3.8, 4) is 0 Å². The maximum atomic E-state index is 10.9. The van der Waals surface area contributed by atoms with E-state index in [2.05, 4.69) is 15.5 Å². The molecule has 0 saturated heterocycles. The first kappa shape index (κ1) is 13.8. The van der Waals surface area contributed by atoms with Gasteiger partial charge in [-0.25, -0.2) is 4.89 Å². The fraction of sp³-hybridized carbons (Fsp3) is 0.889. The molecule has 1 fully saturated rings. The lowest BCUT2D eigenvalue weighted by Crippen LogP contribution is -2.48. The van der Waals surface area contributed by atoms with E-state index in [0.717, 1.165) is 5.71 Å². The number of hydrogen-bond donors (Lipinski definition) is 2. The average Bonchev–Trinajstić information content (AvgIpc) is 2.27. The van der Waals surface area contributed by atoms with Gasteiger partial charge in [-0.2, -0.15) is 11.0 Å². The highest BCUT2D eigenvalue weighted by Gasteiger charge is 2.39. The Labute approximate surface area is 99.2 Å². The van der Waals surface area contributed by atoms with E-state index < -0.39 is 6.04 Å². The largest absolute Gasteiger partial charge is 0.300 e. The Bertz CT molecular complexity index is 293. The molecule has 0 aromatic rings. The lowest BCUT2D eigenvalue weighted by atomic mass is 9.89. The summed E-state index contributed by atoms with van der Waals surface area (Å²) in [6.07, 6.45) is 1.17. The van der Waals surface area contributed by atoms with Gasteiger partial charge in [-0.1, -0.05) is 0 Å². The van der Waals surface area contributed by atoms with Crippen LogP contribution in [0.2, 0.25) is 0 Å². The molecule has 1 aliphatic carbocycles. The number of rotatable bonds is 5. The molecule has 1 rings (SSSR count). The van der Waals surface area contributed by atoms with Gasteiger partial charge in [0.25, 0.3) is 0 Å². The van der Waals surface area contributed by atoms with E-state index in [-0.39, 0.29) is 23.5 Å². The number of nitrogens with two attached hydrogens (primary N) is 1. The molecular formula is C9H18N4O4. The maximum absolute atomic E-state index is 10.9. The van der Waals surface area contributed by atoms with Crippen molar-refractivity contribution in [2.75, 3.05) is 0 Å². The van der Waals surface area contributed by atoms with Crippen LogP contribution in [0.4, 0.5) is 0 Å². The van der Waals surface area contributed by atoms with E-state index in [1.54, 1.807) is 0 Å². The third kappa shape index (κ3) is 4.25. The molecule has 17 heavy (non-hydrogen) atoms. The van der Waals surface area contributed by atoms with Gasteiger partial charge in [0, 0.05) is 17.1 Å². The first-order valence-corrected chi connectivity index (χ1v) is 5.46. The van der Waals surface area contributed by atoms with Crippen molar-refractivity contribution in [2.24, 2.45) is 11.0 Å². The Morgan fingerprint density at radius 3 is 2.76 bits per heavy atom. The van der Waals surface area contributed by atoms with Gasteiger partial charge in [-0.05, 0) is 26.7 Å². The number of nitrogens with one attached hydrogen (secondary N) is 1. The fourth-order valence-electron chi connectivity index (χ4n) is 1.87. The monoisotopic (exact) mass is 246 g/mol. The summed E-state index contributed by atoms with van der Waals surface area (Å²) in [4.78, 5) is 19.5. The SMILES string of the molecule is CC(C)=NNC1CCC(OON)CC1[N+](=O)[O-]. The van der Waals surface area contributed by atoms with E-state index in [9.17, 15) is 10.1 Å². The van der Waals surface area contributed by atoms with Crippen LogP contribution in [0.5, 0.6) is 0 Å². The molecule has 8 heteroatoms. The second-order valence-corrected chi connectivity index (χ2v) is 4.27. The van der Waals surface area contributed by atoms with Crippen molar-refractivity contribution >= 4 is 5.71 Å². The van der Waals surface area contributed by atoms with E-state index in [0.29, 0.717) is 12.8 Å². The highest BCUT2D eigenvalue weighted by Crippen LogP contribution is 2.23. The van der Waals surface area contributed by atoms with Gasteiger partial charge in [-0.3, -0.25) is 10.1 Å². The van der Waals surface area contributed by atoms with E-state index in [1.807, 2.05) is 13.8 Å². The minimum absolute atomic E-state index is 0.264. The summed E-state index contributed by atoms with van der Waals surface area (Å²) < 4.78 is 0. The van der Waals surface area contributed by atoms with Crippen LogP contribution in [0.1, 0.15) is 33.1 Å². The number of nitro groups is 1. The molecule has 98 valence electrons. The van der Waals surface area contributed by atoms with Gasteiger partial charge in [0.2, 0.25) is 6.04 Å². The van der Waals surface area contributed by atoms with Crippen molar-refractivity contribution in [1.29, 1.82) is 0 Å². The molecule has 0 heterocycles. The highest BCUT2D eigenvalue weighted by molar-refractivity contribution is 5.78. The lowest BCUT2D eigenvalue weighted by molar-refractivity contribution is -0.535. The molecule has 0 amide bonds. The van der Waals surface area contributed by atoms with E-state index >= 15 is 0 Å². The summed E-state index contributed by atoms with van der Waals surface area (Å²) in [7, 11) is 0. The molecule has 0 aromatic heterocycles. The molecule has 0 radical (unpaired) electrons. The first-order chi connectivity index (χ1) is 8.04. The summed E-state index contributed by atoms with van der Waals surface area (Å²) in [5.41, 5.74) is 3.66. The predicted molar refractivity (Wildman–Crippen MR) is 60.5 cm³/mol. The van der Waals surface area contributed by atoms with E-state index in [1.165, 1.54) is 0 Å². The van der Waals surface area contributed by atoms with Gasteiger partial charge in [-0.15, -0.1) is 4.99 Å². The zero-order valence-electron chi connectivity index (χ0n) is 9.96. The van der Waals surface area contributed by atoms with Gasteiger partial charge in [0.15, 0.2) is 0 Å². The van der Waals surface area contributed by atoms with Crippen molar-refractivity contribution in [3.05, 3.63) is 10.1 Å². The average molecular weight is 246 g/mol. The standard InChI is InChI=1S/C9H18N4O4/c1-6(2)11-12-8-4-3-7(16-17-10)5-9(8)13(14)15/h7-9,12H,3-5,10H2,1-2H3. The van der Waals surface area contributed by atoms with Crippen molar-refractivity contribution in [2.45, 2.75) is 51.3 Å². The fourth-order valence-corrected chi connectivity index (χ4v) is 1.87. The van der Waals surface area contributed by atoms with Crippen LogP contribution in [-0.4, -0.2) is 28.8 Å². The summed E-state index contributed by atoms with van der Waals surface area (Å²) in [5.74, 6) is 4.78. The van der Waals surface area contributed by atoms with Crippen LogP contribution < -0.4 is 11.3 Å². The van der Waals surface area contributed by atoms with Crippen LogP contribution in [0.15, 0.2) is 5.10 Å². The second-order valence-electron chi connectivity index (χ2n) is 4.27. The van der Waals surface area contributed by atoms with Gasteiger partial charge < -0.3 is 5.43 Å². The zero-order valence-corrected chi connectivity index (χ0v) is 9.96. The Morgan fingerprint density at radius 2 is 2.24 bits per heavy atom. The van der Waals surface area contributed by atoms with Gasteiger partial charge in [0.05, 0.1) is 0 Å². The molecule has 1 aliphatic rings. The maximum Gasteiger partial charge on any atom is 0.237 e. The highest BCUT2D eigenvalue weighted by atomic mass is 17.3. The Balaban J connectivity index is 2.59. The molecule has 0 bridgehead atoms. The normalized spacial score (nSPS) is 28.5. The summed E-state index contributed by atoms with van der Waals surface area (Å²) in [6.45, 7) is 3.65. The Hall–Kier alpha value is -1.25. The Morgan fingerprint density at radius 1 is 1.53 bits per heavy atom. The molecule has 0 aliphatic heterocycles. The van der Waals surface area contributed by atoms with Crippen LogP contribution in [-0.2, 0) is 9.88 Å². The lowest BCUT2D eigenvalue weighted by Gasteiger charge is -2.29. The molecule has 8 nitrogen and oxygen atoms in total. The molecule has 3 N–H and O–H groups in total. The minimum Gasteiger partial charge on any atom is -0.300 e. The van der Waals surface area contributed by atoms with Crippen LogP contribution >= 0.6 is 0 Å². The first-order valence-electron chi connectivity index (χ1n) is 5.46. The molecule has 3 unspecified atom stereocenters. The number of hydrazone groups is 1. The molecule has 0 aromatic carbocycles. The Kier molecular flexibility index (Phi) is 5.26.